The van der Waals surface area contributed by atoms with Gasteiger partial charge in [0, 0.05) is 23.5 Å². The van der Waals surface area contributed by atoms with E-state index in [1.165, 1.54) is 6.42 Å². The van der Waals surface area contributed by atoms with Crippen molar-refractivity contribution in [3.63, 3.8) is 0 Å². The Morgan fingerprint density at radius 2 is 1.96 bits per heavy atom. The summed E-state index contributed by atoms with van der Waals surface area (Å²) < 4.78 is 5.29. The van der Waals surface area contributed by atoms with Gasteiger partial charge in [-0.05, 0) is 56.4 Å². The number of nitrogens with one attached hydrogen (secondary N) is 2. The summed E-state index contributed by atoms with van der Waals surface area (Å²) in [5.41, 5.74) is -0.0162. The van der Waals surface area contributed by atoms with Gasteiger partial charge >= 0.3 is 0 Å². The molecule has 1 aromatic rings. The molecule has 2 heterocycles. The van der Waals surface area contributed by atoms with Gasteiger partial charge in [-0.3, -0.25) is 9.69 Å². The summed E-state index contributed by atoms with van der Waals surface area (Å²) in [6.45, 7) is 0.786. The fourth-order valence-electron chi connectivity index (χ4n) is 6.38. The molecule has 1 aliphatic heterocycles. The number of nitrogens with zero attached hydrogens (tertiary/aromatic N) is 4. The number of carbonyl (C=O) groups is 1. The second-order valence-corrected chi connectivity index (χ2v) is 9.08. The zero-order valence-corrected chi connectivity index (χ0v) is 15.9. The first kappa shape index (κ1) is 17.8. The molecule has 4 bridgehead atoms. The minimum Gasteiger partial charge on any atom is -0.358 e. The topological polar surface area (TPSA) is 103 Å². The van der Waals surface area contributed by atoms with Crippen LogP contribution < -0.4 is 10.6 Å². The second kappa shape index (κ2) is 6.68. The van der Waals surface area contributed by atoms with Crippen molar-refractivity contribution in [2.24, 2.45) is 11.8 Å². The molecule has 8 nitrogen and oxygen atoms in total. The van der Waals surface area contributed by atoms with E-state index in [-0.39, 0.29) is 30.3 Å². The van der Waals surface area contributed by atoms with Crippen LogP contribution in [0.4, 0.5) is 5.95 Å². The first-order valence-corrected chi connectivity index (χ1v) is 10.2. The predicted molar refractivity (Wildman–Crippen MR) is 101 cm³/mol. The Balaban J connectivity index is 1.30. The van der Waals surface area contributed by atoms with Gasteiger partial charge in [-0.1, -0.05) is 0 Å². The van der Waals surface area contributed by atoms with E-state index in [0.29, 0.717) is 24.4 Å². The summed E-state index contributed by atoms with van der Waals surface area (Å²) in [5.74, 6) is 1.99. The van der Waals surface area contributed by atoms with Crippen LogP contribution in [0.2, 0.25) is 0 Å². The zero-order chi connectivity index (χ0) is 19.2. The summed E-state index contributed by atoms with van der Waals surface area (Å²) in [7, 11) is 0. The van der Waals surface area contributed by atoms with Gasteiger partial charge in [0.1, 0.15) is 12.8 Å². The Morgan fingerprint density at radius 3 is 2.68 bits per heavy atom. The van der Waals surface area contributed by atoms with Crippen LogP contribution in [0.3, 0.4) is 0 Å². The standard InChI is InChI=1S/C20H26N6O2/c21-9-16-11-28-13-26(16)17(27)10-24-19-5-14-4-15(6-19)8-20(7-14,12-19)25-18-22-2-1-3-23-18/h1-3,14-16,24H,4-8,10-13H2,(H,22,23,25). The fourth-order valence-corrected chi connectivity index (χ4v) is 6.38. The van der Waals surface area contributed by atoms with E-state index in [9.17, 15) is 10.1 Å². The Hall–Kier alpha value is -2.24. The molecule has 148 valence electrons. The third kappa shape index (κ3) is 3.12. The van der Waals surface area contributed by atoms with Crippen LogP contribution in [0.15, 0.2) is 18.5 Å². The minimum atomic E-state index is -0.464. The van der Waals surface area contributed by atoms with Gasteiger partial charge in [0.2, 0.25) is 11.9 Å². The van der Waals surface area contributed by atoms with Crippen molar-refractivity contribution in [1.29, 1.82) is 5.26 Å². The number of hydrogen-bond donors (Lipinski definition) is 2. The van der Waals surface area contributed by atoms with Crippen LogP contribution in [-0.4, -0.2) is 57.8 Å². The van der Waals surface area contributed by atoms with Crippen LogP contribution in [0.1, 0.15) is 38.5 Å². The smallest absolute Gasteiger partial charge is 0.239 e. The average Bonchev–Trinajstić information content (AvgIpc) is 3.14. The monoisotopic (exact) mass is 382 g/mol. The maximum absolute atomic E-state index is 12.7. The highest BCUT2D eigenvalue weighted by Gasteiger charge is 2.58. The molecule has 0 radical (unpaired) electrons. The number of anilines is 1. The van der Waals surface area contributed by atoms with Crippen LogP contribution in [0, 0.1) is 23.2 Å². The van der Waals surface area contributed by atoms with Crippen molar-refractivity contribution >= 4 is 11.9 Å². The second-order valence-electron chi connectivity index (χ2n) is 9.08. The third-order valence-electron chi connectivity index (χ3n) is 6.97. The Kier molecular flexibility index (Phi) is 4.25. The summed E-state index contributed by atoms with van der Waals surface area (Å²) in [5, 5.41) is 16.5. The molecule has 5 fully saturated rings. The van der Waals surface area contributed by atoms with E-state index in [1.807, 2.05) is 6.07 Å². The number of ether oxygens (including phenoxy) is 1. The first-order chi connectivity index (χ1) is 13.6. The van der Waals surface area contributed by atoms with Gasteiger partial charge in [0.25, 0.3) is 0 Å². The number of aromatic nitrogens is 2. The predicted octanol–water partition coefficient (Wildman–Crippen LogP) is 1.28. The summed E-state index contributed by atoms with van der Waals surface area (Å²) in [6, 6.07) is 3.52. The van der Waals surface area contributed by atoms with Crippen molar-refractivity contribution in [2.45, 2.75) is 55.6 Å². The van der Waals surface area contributed by atoms with Crippen molar-refractivity contribution in [3.05, 3.63) is 18.5 Å². The Labute approximate surface area is 164 Å². The molecule has 0 aromatic carbocycles. The lowest BCUT2D eigenvalue weighted by Gasteiger charge is -2.62. The van der Waals surface area contributed by atoms with E-state index in [1.54, 1.807) is 17.3 Å². The minimum absolute atomic E-state index is 0.00737. The molecule has 6 rings (SSSR count). The van der Waals surface area contributed by atoms with Crippen molar-refractivity contribution in [3.8, 4) is 6.07 Å². The molecule has 3 unspecified atom stereocenters. The van der Waals surface area contributed by atoms with Gasteiger partial charge in [-0.2, -0.15) is 5.26 Å². The van der Waals surface area contributed by atoms with Gasteiger partial charge in [0.05, 0.1) is 19.2 Å². The molecule has 4 saturated carbocycles. The van der Waals surface area contributed by atoms with E-state index < -0.39 is 6.04 Å². The van der Waals surface area contributed by atoms with Gasteiger partial charge in [-0.25, -0.2) is 9.97 Å². The first-order valence-electron chi connectivity index (χ1n) is 10.2. The van der Waals surface area contributed by atoms with E-state index >= 15 is 0 Å². The van der Waals surface area contributed by atoms with Gasteiger partial charge in [0.15, 0.2) is 0 Å². The molecule has 3 atom stereocenters. The number of carbonyl (C=O) groups excluding carboxylic acids is 1. The molecule has 1 aromatic heterocycles. The highest BCUT2D eigenvalue weighted by Crippen LogP contribution is 2.58. The van der Waals surface area contributed by atoms with Crippen molar-refractivity contribution < 1.29 is 9.53 Å². The summed E-state index contributed by atoms with van der Waals surface area (Å²) >= 11 is 0. The maximum atomic E-state index is 12.7. The number of amides is 1. The molecule has 8 heteroatoms. The lowest BCUT2D eigenvalue weighted by molar-refractivity contribution is -0.132. The van der Waals surface area contributed by atoms with Crippen LogP contribution in [-0.2, 0) is 9.53 Å². The fraction of sp³-hybridized carbons (Fsp3) is 0.700. The van der Waals surface area contributed by atoms with Crippen molar-refractivity contribution in [2.75, 3.05) is 25.2 Å². The van der Waals surface area contributed by atoms with E-state index in [4.69, 9.17) is 4.74 Å². The highest BCUT2D eigenvalue weighted by atomic mass is 16.5. The molecule has 28 heavy (non-hydrogen) atoms. The van der Waals surface area contributed by atoms with Crippen molar-refractivity contribution in [1.82, 2.24) is 20.2 Å². The number of rotatable bonds is 5. The molecule has 2 N–H and O–H groups in total. The zero-order valence-electron chi connectivity index (χ0n) is 15.9. The molecule has 0 spiro atoms. The molecular formula is C20H26N6O2. The quantitative estimate of drug-likeness (QED) is 0.791. The summed E-state index contributed by atoms with van der Waals surface area (Å²) in [4.78, 5) is 23.0. The average molecular weight is 382 g/mol. The maximum Gasteiger partial charge on any atom is 0.239 e. The molecule has 1 amide bonds. The van der Waals surface area contributed by atoms with Crippen LogP contribution >= 0.6 is 0 Å². The lowest BCUT2D eigenvalue weighted by atomic mass is 9.50. The largest absolute Gasteiger partial charge is 0.358 e. The van der Waals surface area contributed by atoms with Crippen LogP contribution in [0.25, 0.3) is 0 Å². The number of hydrogen-bond acceptors (Lipinski definition) is 7. The molecule has 4 aliphatic carbocycles. The lowest BCUT2D eigenvalue weighted by Crippen LogP contribution is -2.67. The van der Waals surface area contributed by atoms with Gasteiger partial charge in [-0.15, -0.1) is 0 Å². The Bertz CT molecular complexity index is 780. The Morgan fingerprint density at radius 1 is 1.25 bits per heavy atom. The normalized spacial score (nSPS) is 38.4. The van der Waals surface area contributed by atoms with E-state index in [0.717, 1.165) is 32.1 Å². The molecule has 1 saturated heterocycles. The molecular weight excluding hydrogens is 356 g/mol. The highest BCUT2D eigenvalue weighted by molar-refractivity contribution is 5.79. The van der Waals surface area contributed by atoms with Crippen LogP contribution in [0.5, 0.6) is 0 Å². The van der Waals surface area contributed by atoms with Gasteiger partial charge < -0.3 is 15.4 Å². The number of nitriles is 1. The van der Waals surface area contributed by atoms with E-state index in [2.05, 4.69) is 26.7 Å². The molecule has 5 aliphatic rings. The third-order valence-corrected chi connectivity index (χ3v) is 6.97. The summed E-state index contributed by atoms with van der Waals surface area (Å²) in [6.07, 6.45) is 10.3. The SMILES string of the molecule is N#CC1COCN1C(=O)CNC12CC3CC(C1)CC(Nc1ncccn1)(C3)C2.